The highest BCUT2D eigenvalue weighted by atomic mass is 32.2. The standard InChI is InChI=1S/C37H38N8O10S/c1-24(37(50)55-3)9-6-7-18-39-36(49)31(23-41-44-38)43-34(47)17-14-26-10-8-11-28(21-26)30-22-27(25(2)46)15-16-29(30)35(48)40-19-20-42-56(53,54)33-13-5-4-12-32(33)45(51)52/h4-17,21-22,31,42H,18-20,23H2,1-3H3,(H,39,49)(H,40,48)(H,43,47)/b7-6+,17-14+,24-9+/t31-/m0/s1. The number of benzene rings is 3. The van der Waals surface area contributed by atoms with Crippen LogP contribution in [0.3, 0.4) is 0 Å². The summed E-state index contributed by atoms with van der Waals surface area (Å²) < 4.78 is 32.3. The van der Waals surface area contributed by atoms with E-state index in [1.165, 1.54) is 62.6 Å². The fourth-order valence-electron chi connectivity index (χ4n) is 4.88. The number of ketones is 1. The number of esters is 1. The number of nitro benzene ring substituents is 1. The molecule has 3 rings (SSSR count). The van der Waals surface area contributed by atoms with E-state index in [1.54, 1.807) is 37.3 Å². The molecule has 1 atom stereocenters. The van der Waals surface area contributed by atoms with Gasteiger partial charge in [0.15, 0.2) is 10.7 Å². The Kier molecular flexibility index (Phi) is 16.4. The summed E-state index contributed by atoms with van der Waals surface area (Å²) in [5.74, 6) is -2.70. The predicted octanol–water partition coefficient (Wildman–Crippen LogP) is 3.77. The van der Waals surface area contributed by atoms with Gasteiger partial charge in [0.2, 0.25) is 21.8 Å². The van der Waals surface area contributed by atoms with Crippen molar-refractivity contribution in [1.82, 2.24) is 20.7 Å². The van der Waals surface area contributed by atoms with Crippen molar-refractivity contribution in [3.05, 3.63) is 134 Å². The molecule has 0 unspecified atom stereocenters. The Morgan fingerprint density at radius 3 is 2.45 bits per heavy atom. The third-order valence-electron chi connectivity index (χ3n) is 7.69. The van der Waals surface area contributed by atoms with Crippen LogP contribution in [0.15, 0.2) is 107 Å². The predicted molar refractivity (Wildman–Crippen MR) is 205 cm³/mol. The average Bonchev–Trinajstić information content (AvgIpc) is 3.19. The first-order valence-electron chi connectivity index (χ1n) is 16.6. The summed E-state index contributed by atoms with van der Waals surface area (Å²) in [7, 11) is -3.03. The van der Waals surface area contributed by atoms with Crippen LogP contribution in [-0.4, -0.2) is 82.1 Å². The van der Waals surface area contributed by atoms with Gasteiger partial charge in [-0.1, -0.05) is 59.7 Å². The fraction of sp³-hybridized carbons (Fsp3) is 0.216. The molecule has 19 heteroatoms. The van der Waals surface area contributed by atoms with Gasteiger partial charge in [-0.3, -0.25) is 29.3 Å². The maximum atomic E-state index is 13.3. The summed E-state index contributed by atoms with van der Waals surface area (Å²) in [5.41, 5.74) is 10.3. The van der Waals surface area contributed by atoms with E-state index < -0.39 is 55.3 Å². The minimum Gasteiger partial charge on any atom is -0.466 e. The van der Waals surface area contributed by atoms with E-state index >= 15 is 0 Å². The molecule has 0 aliphatic rings. The first kappa shape index (κ1) is 43.5. The zero-order valence-electron chi connectivity index (χ0n) is 30.4. The molecule has 0 spiro atoms. The van der Waals surface area contributed by atoms with Crippen LogP contribution in [0.25, 0.3) is 27.6 Å². The average molecular weight is 787 g/mol. The molecular formula is C37H38N8O10S. The number of nitrogens with one attached hydrogen (secondary N) is 4. The lowest BCUT2D eigenvalue weighted by atomic mass is 9.94. The molecular weight excluding hydrogens is 749 g/mol. The Hall–Kier alpha value is -6.95. The van der Waals surface area contributed by atoms with Gasteiger partial charge < -0.3 is 20.7 Å². The minimum absolute atomic E-state index is 0.0414. The van der Waals surface area contributed by atoms with Crippen LogP contribution in [0.2, 0.25) is 0 Å². The van der Waals surface area contributed by atoms with E-state index in [4.69, 9.17) is 5.53 Å². The number of azide groups is 1. The summed E-state index contributed by atoms with van der Waals surface area (Å²) in [6.07, 6.45) is 7.18. The van der Waals surface area contributed by atoms with Crippen LogP contribution in [0.5, 0.6) is 0 Å². The van der Waals surface area contributed by atoms with E-state index in [0.29, 0.717) is 27.8 Å². The molecule has 18 nitrogen and oxygen atoms in total. The number of carbonyl (C=O) groups excluding carboxylic acids is 5. The van der Waals surface area contributed by atoms with E-state index in [-0.39, 0.29) is 37.5 Å². The van der Waals surface area contributed by atoms with Crippen LogP contribution in [-0.2, 0) is 29.1 Å². The largest absolute Gasteiger partial charge is 0.466 e. The summed E-state index contributed by atoms with van der Waals surface area (Å²) >= 11 is 0. The van der Waals surface area contributed by atoms with Crippen molar-refractivity contribution in [3.8, 4) is 11.1 Å². The Balaban J connectivity index is 1.73. The van der Waals surface area contributed by atoms with Gasteiger partial charge in [0.1, 0.15) is 6.04 Å². The third-order valence-corrected chi connectivity index (χ3v) is 9.20. The molecule has 0 bridgehead atoms. The molecule has 0 aromatic heterocycles. The Morgan fingerprint density at radius 1 is 1.00 bits per heavy atom. The number of nitro groups is 1. The van der Waals surface area contributed by atoms with Crippen molar-refractivity contribution in [2.24, 2.45) is 5.11 Å². The molecule has 4 N–H and O–H groups in total. The van der Waals surface area contributed by atoms with E-state index in [1.807, 2.05) is 0 Å². The van der Waals surface area contributed by atoms with Crippen LogP contribution in [0, 0.1) is 10.1 Å². The second-order valence-corrected chi connectivity index (χ2v) is 13.4. The van der Waals surface area contributed by atoms with Crippen molar-refractivity contribution in [3.63, 3.8) is 0 Å². The van der Waals surface area contributed by atoms with Gasteiger partial charge in [0.05, 0.1) is 18.6 Å². The number of nitrogens with zero attached hydrogens (tertiary/aromatic N) is 4. The summed E-state index contributed by atoms with van der Waals surface area (Å²) in [5, 5.41) is 22.4. The summed E-state index contributed by atoms with van der Waals surface area (Å²) in [4.78, 5) is 75.2. The number of para-hydroxylation sites is 1. The minimum atomic E-state index is -4.28. The number of methoxy groups -OCH3 is 1. The molecule has 56 heavy (non-hydrogen) atoms. The molecule has 0 heterocycles. The number of amides is 3. The Morgan fingerprint density at radius 2 is 1.75 bits per heavy atom. The van der Waals surface area contributed by atoms with Crippen molar-refractivity contribution >= 4 is 51.3 Å². The topological polar surface area (TPSA) is 269 Å². The number of carbonyl (C=O) groups is 5. The first-order chi connectivity index (χ1) is 26.7. The Labute approximate surface area is 321 Å². The highest BCUT2D eigenvalue weighted by molar-refractivity contribution is 7.89. The molecule has 0 fully saturated rings. The van der Waals surface area contributed by atoms with Gasteiger partial charge in [0, 0.05) is 53.4 Å². The summed E-state index contributed by atoms with van der Waals surface area (Å²) in [6.45, 7) is 2.11. The fourth-order valence-corrected chi connectivity index (χ4v) is 6.08. The lowest BCUT2D eigenvalue weighted by Gasteiger charge is -2.15. The van der Waals surface area contributed by atoms with Gasteiger partial charge >= 0.3 is 5.97 Å². The van der Waals surface area contributed by atoms with E-state index in [2.05, 4.69) is 35.4 Å². The van der Waals surface area contributed by atoms with Gasteiger partial charge in [-0.05, 0) is 66.4 Å². The molecule has 0 aliphatic heterocycles. The number of sulfonamides is 1. The molecule has 0 saturated heterocycles. The van der Waals surface area contributed by atoms with Crippen LogP contribution in [0.4, 0.5) is 5.69 Å². The van der Waals surface area contributed by atoms with Gasteiger partial charge in [-0.2, -0.15) is 0 Å². The van der Waals surface area contributed by atoms with Crippen LogP contribution >= 0.6 is 0 Å². The number of rotatable bonds is 19. The highest BCUT2D eigenvalue weighted by Gasteiger charge is 2.25. The molecule has 3 aromatic carbocycles. The van der Waals surface area contributed by atoms with E-state index in [0.717, 1.165) is 18.2 Å². The van der Waals surface area contributed by atoms with Crippen molar-refractivity contribution in [2.45, 2.75) is 24.8 Å². The second kappa shape index (κ2) is 21.1. The summed E-state index contributed by atoms with van der Waals surface area (Å²) in [6, 6.07) is 14.7. The number of ether oxygens (including phenoxy) is 1. The molecule has 292 valence electrons. The maximum absolute atomic E-state index is 13.3. The number of hydrogen-bond donors (Lipinski definition) is 4. The number of Topliss-reactive ketones (excluding diaryl/α,β-unsaturated/α-hetero) is 1. The molecule has 0 aliphatic carbocycles. The lowest BCUT2D eigenvalue weighted by molar-refractivity contribution is -0.387. The van der Waals surface area contributed by atoms with E-state index in [9.17, 15) is 42.5 Å². The van der Waals surface area contributed by atoms with Gasteiger partial charge in [-0.15, -0.1) is 0 Å². The molecule has 0 radical (unpaired) electrons. The van der Waals surface area contributed by atoms with Crippen molar-refractivity contribution in [1.29, 1.82) is 0 Å². The molecule has 3 aromatic rings. The van der Waals surface area contributed by atoms with Crippen molar-refractivity contribution in [2.75, 3.05) is 33.3 Å². The van der Waals surface area contributed by atoms with Crippen LogP contribution in [0.1, 0.15) is 40.1 Å². The first-order valence-corrected chi connectivity index (χ1v) is 18.1. The molecule has 0 saturated carbocycles. The maximum Gasteiger partial charge on any atom is 0.333 e. The quantitative estimate of drug-likeness (QED) is 0.0130. The zero-order chi connectivity index (χ0) is 41.3. The van der Waals surface area contributed by atoms with Crippen LogP contribution < -0.4 is 20.7 Å². The SMILES string of the molecule is COC(=O)/C(C)=C/C=C/CNC(=O)[C@H](CN=[N+]=[N-])NC(=O)/C=C/c1cccc(-c2cc(C(C)=O)ccc2C(=O)NCCNS(=O)(=O)c2ccccc2[N+](=O)[O-])c1. The van der Waals surface area contributed by atoms with Gasteiger partial charge in [-0.25, -0.2) is 17.9 Å². The van der Waals surface area contributed by atoms with Gasteiger partial charge in [0.25, 0.3) is 11.6 Å². The number of allylic oxidation sites excluding steroid dienone is 2. The highest BCUT2D eigenvalue weighted by Crippen LogP contribution is 2.27. The Bertz CT molecular complexity index is 2250. The monoisotopic (exact) mass is 786 g/mol. The molecule has 3 amide bonds. The lowest BCUT2D eigenvalue weighted by Crippen LogP contribution is -2.48. The normalized spacial score (nSPS) is 12.0. The third kappa shape index (κ3) is 12.9. The second-order valence-electron chi connectivity index (χ2n) is 11.6. The van der Waals surface area contributed by atoms with Crippen molar-refractivity contribution < 1.29 is 42.1 Å². The smallest absolute Gasteiger partial charge is 0.333 e. The number of hydrogen-bond acceptors (Lipinski definition) is 11. The zero-order valence-corrected chi connectivity index (χ0v) is 31.2.